The molecular weight excluding hydrogens is 321 g/mol. The highest BCUT2D eigenvalue weighted by atomic mass is 19.1. The molecule has 1 fully saturated rings. The molecule has 132 valence electrons. The first kappa shape index (κ1) is 17.4. The van der Waals surface area contributed by atoms with Gasteiger partial charge in [-0.25, -0.2) is 4.39 Å². The van der Waals surface area contributed by atoms with Crippen LogP contribution in [0.15, 0.2) is 48.8 Å². The van der Waals surface area contributed by atoms with Crippen molar-refractivity contribution < 1.29 is 13.9 Å². The first-order valence-electron chi connectivity index (χ1n) is 8.45. The average Bonchev–Trinajstić information content (AvgIpc) is 2.60. The number of hydrogen-bond acceptors (Lipinski definition) is 4. The quantitative estimate of drug-likeness (QED) is 0.774. The molecule has 0 aliphatic carbocycles. The van der Waals surface area contributed by atoms with E-state index in [1.54, 1.807) is 17.3 Å². The minimum absolute atomic E-state index is 0.0190. The van der Waals surface area contributed by atoms with Crippen molar-refractivity contribution in [3.8, 4) is 5.75 Å². The van der Waals surface area contributed by atoms with Gasteiger partial charge < -0.3 is 9.64 Å². The fourth-order valence-corrected chi connectivity index (χ4v) is 2.88. The van der Waals surface area contributed by atoms with E-state index >= 15 is 0 Å². The van der Waals surface area contributed by atoms with Gasteiger partial charge in [-0.15, -0.1) is 0 Å². The number of carbonyl (C=O) groups is 1. The average molecular weight is 343 g/mol. The summed E-state index contributed by atoms with van der Waals surface area (Å²) in [5.41, 5.74) is 1.22. The van der Waals surface area contributed by atoms with Gasteiger partial charge in [0, 0.05) is 38.1 Å². The van der Waals surface area contributed by atoms with Crippen molar-refractivity contribution >= 4 is 5.91 Å². The fraction of sp³-hybridized carbons (Fsp3) is 0.368. The number of hydrogen-bond donors (Lipinski definition) is 0. The van der Waals surface area contributed by atoms with E-state index in [1.807, 2.05) is 12.1 Å². The molecule has 0 radical (unpaired) electrons. The molecule has 1 aliphatic heterocycles. The van der Waals surface area contributed by atoms with Crippen LogP contribution in [0.25, 0.3) is 0 Å². The number of nitrogens with zero attached hydrogens (tertiary/aromatic N) is 3. The van der Waals surface area contributed by atoms with E-state index in [0.29, 0.717) is 24.9 Å². The number of amides is 1. The molecule has 5 nitrogen and oxygen atoms in total. The first-order valence-corrected chi connectivity index (χ1v) is 8.45. The van der Waals surface area contributed by atoms with Crippen LogP contribution in [0.2, 0.25) is 0 Å². The van der Waals surface area contributed by atoms with Gasteiger partial charge in [0.25, 0.3) is 5.91 Å². The molecule has 0 saturated carbocycles. The third kappa shape index (κ3) is 4.54. The Labute approximate surface area is 147 Å². The molecule has 1 aromatic carbocycles. The van der Waals surface area contributed by atoms with Gasteiger partial charge in [-0.1, -0.05) is 6.92 Å². The number of rotatable bonds is 7. The smallest absolute Gasteiger partial charge is 0.260 e. The van der Waals surface area contributed by atoms with Crippen molar-refractivity contribution in [2.24, 2.45) is 0 Å². The molecular formula is C19H22FN3O2. The maximum atomic E-state index is 12.8. The largest absolute Gasteiger partial charge is 0.484 e. The van der Waals surface area contributed by atoms with Crippen LogP contribution in [0.3, 0.4) is 0 Å². The van der Waals surface area contributed by atoms with Crippen molar-refractivity contribution in [3.05, 3.63) is 60.2 Å². The summed E-state index contributed by atoms with van der Waals surface area (Å²) in [5.74, 6) is 0.137. The van der Waals surface area contributed by atoms with Crippen molar-refractivity contribution in [2.75, 3.05) is 26.2 Å². The number of ether oxygens (including phenoxy) is 1. The van der Waals surface area contributed by atoms with Gasteiger partial charge in [-0.3, -0.25) is 14.7 Å². The van der Waals surface area contributed by atoms with Gasteiger partial charge >= 0.3 is 0 Å². The van der Waals surface area contributed by atoms with Crippen molar-refractivity contribution in [3.63, 3.8) is 0 Å². The number of benzene rings is 1. The SMILES string of the molecule is CCN(Cc1ccncc1)C1CN(C(=O)COc2ccc(F)cc2)C1. The van der Waals surface area contributed by atoms with Crippen LogP contribution in [-0.4, -0.2) is 53.0 Å². The first-order chi connectivity index (χ1) is 12.2. The second-order valence-corrected chi connectivity index (χ2v) is 6.11. The Balaban J connectivity index is 1.44. The van der Waals surface area contributed by atoms with Crippen molar-refractivity contribution in [2.45, 2.75) is 19.5 Å². The summed E-state index contributed by atoms with van der Waals surface area (Å²) in [6.07, 6.45) is 3.60. The van der Waals surface area contributed by atoms with Gasteiger partial charge in [0.05, 0.1) is 0 Å². The van der Waals surface area contributed by atoms with Gasteiger partial charge in [-0.05, 0) is 48.5 Å². The van der Waals surface area contributed by atoms with Crippen LogP contribution in [-0.2, 0) is 11.3 Å². The molecule has 0 spiro atoms. The van der Waals surface area contributed by atoms with Crippen LogP contribution < -0.4 is 4.74 Å². The zero-order chi connectivity index (χ0) is 17.6. The molecule has 2 aromatic rings. The lowest BCUT2D eigenvalue weighted by atomic mass is 10.1. The van der Waals surface area contributed by atoms with E-state index in [2.05, 4.69) is 16.8 Å². The summed E-state index contributed by atoms with van der Waals surface area (Å²) in [4.78, 5) is 20.4. The molecule has 0 unspecified atom stereocenters. The summed E-state index contributed by atoms with van der Waals surface area (Å²) in [6, 6.07) is 10.1. The lowest BCUT2D eigenvalue weighted by Crippen LogP contribution is -2.61. The lowest BCUT2D eigenvalue weighted by molar-refractivity contribution is -0.141. The Bertz CT molecular complexity index is 688. The highest BCUT2D eigenvalue weighted by molar-refractivity contribution is 5.78. The van der Waals surface area contributed by atoms with E-state index in [9.17, 15) is 9.18 Å². The molecule has 0 bridgehead atoms. The number of halogens is 1. The number of likely N-dealkylation sites (tertiary alicyclic amines) is 1. The Kier molecular flexibility index (Phi) is 5.60. The second-order valence-electron chi connectivity index (χ2n) is 6.11. The van der Waals surface area contributed by atoms with Crippen molar-refractivity contribution in [1.82, 2.24) is 14.8 Å². The Morgan fingerprint density at radius 3 is 2.56 bits per heavy atom. The molecule has 1 aliphatic rings. The lowest BCUT2D eigenvalue weighted by Gasteiger charge is -2.45. The minimum atomic E-state index is -0.321. The maximum absolute atomic E-state index is 12.8. The third-order valence-electron chi connectivity index (χ3n) is 4.45. The molecule has 1 aromatic heterocycles. The normalized spacial score (nSPS) is 14.4. The van der Waals surface area contributed by atoms with Gasteiger partial charge in [-0.2, -0.15) is 0 Å². The van der Waals surface area contributed by atoms with Crippen molar-refractivity contribution in [1.29, 1.82) is 0 Å². The molecule has 6 heteroatoms. The van der Waals surface area contributed by atoms with Gasteiger partial charge in [0.15, 0.2) is 6.61 Å². The monoisotopic (exact) mass is 343 g/mol. The highest BCUT2D eigenvalue weighted by Crippen LogP contribution is 2.18. The van der Waals surface area contributed by atoms with Crippen LogP contribution in [0.1, 0.15) is 12.5 Å². The van der Waals surface area contributed by atoms with E-state index in [1.165, 1.54) is 29.8 Å². The summed E-state index contributed by atoms with van der Waals surface area (Å²) in [7, 11) is 0. The molecule has 0 N–H and O–H groups in total. The predicted molar refractivity (Wildman–Crippen MR) is 92.6 cm³/mol. The molecule has 0 atom stereocenters. The molecule has 1 saturated heterocycles. The van der Waals surface area contributed by atoms with E-state index < -0.39 is 0 Å². The van der Waals surface area contributed by atoms with E-state index in [4.69, 9.17) is 4.74 Å². The molecule has 1 amide bonds. The predicted octanol–water partition coefficient (Wildman–Crippen LogP) is 2.33. The molecule has 3 rings (SSSR count). The van der Waals surface area contributed by atoms with Crippen LogP contribution in [0.4, 0.5) is 4.39 Å². The Hall–Kier alpha value is -2.47. The number of aromatic nitrogens is 1. The number of pyridine rings is 1. The zero-order valence-corrected chi connectivity index (χ0v) is 14.3. The summed E-state index contributed by atoms with van der Waals surface area (Å²) in [6.45, 7) is 5.33. The number of likely N-dealkylation sites (N-methyl/N-ethyl adjacent to an activating group) is 1. The summed E-state index contributed by atoms with van der Waals surface area (Å²) < 4.78 is 18.3. The van der Waals surface area contributed by atoms with Crippen LogP contribution >= 0.6 is 0 Å². The van der Waals surface area contributed by atoms with Gasteiger partial charge in [0.1, 0.15) is 11.6 Å². The van der Waals surface area contributed by atoms with Gasteiger partial charge in [0.2, 0.25) is 0 Å². The minimum Gasteiger partial charge on any atom is -0.484 e. The van der Waals surface area contributed by atoms with E-state index in [0.717, 1.165) is 13.1 Å². The standard InChI is InChI=1S/C19H22FN3O2/c1-2-22(11-15-7-9-21-10-8-15)17-12-23(13-17)19(24)14-25-18-5-3-16(20)4-6-18/h3-10,17H,2,11-14H2,1H3. The second kappa shape index (κ2) is 8.07. The topological polar surface area (TPSA) is 45.7 Å². The fourth-order valence-electron chi connectivity index (χ4n) is 2.88. The number of carbonyl (C=O) groups excluding carboxylic acids is 1. The van der Waals surface area contributed by atoms with Crippen LogP contribution in [0.5, 0.6) is 5.75 Å². The highest BCUT2D eigenvalue weighted by Gasteiger charge is 2.34. The Morgan fingerprint density at radius 2 is 1.92 bits per heavy atom. The van der Waals surface area contributed by atoms with E-state index in [-0.39, 0.29) is 18.3 Å². The molecule has 2 heterocycles. The third-order valence-corrected chi connectivity index (χ3v) is 4.45. The summed E-state index contributed by atoms with van der Waals surface area (Å²) in [5, 5.41) is 0. The zero-order valence-electron chi connectivity index (χ0n) is 14.3. The van der Waals surface area contributed by atoms with Crippen LogP contribution in [0, 0.1) is 5.82 Å². The maximum Gasteiger partial charge on any atom is 0.260 e. The Morgan fingerprint density at radius 1 is 1.24 bits per heavy atom. The molecule has 25 heavy (non-hydrogen) atoms. The summed E-state index contributed by atoms with van der Waals surface area (Å²) >= 11 is 0.